The van der Waals surface area contributed by atoms with Crippen LogP contribution in [0.5, 0.6) is 0 Å². The van der Waals surface area contributed by atoms with Crippen molar-refractivity contribution in [2.75, 3.05) is 6.54 Å². The average molecular weight is 431 g/mol. The second-order valence-electron chi connectivity index (χ2n) is 8.02. The molecule has 1 N–H and O–H groups in total. The minimum Gasteiger partial charge on any atom is -0.356 e. The van der Waals surface area contributed by atoms with E-state index in [1.807, 2.05) is 30.3 Å². The van der Waals surface area contributed by atoms with Crippen molar-refractivity contribution >= 4 is 11.7 Å². The van der Waals surface area contributed by atoms with Crippen molar-refractivity contribution in [3.8, 4) is 0 Å². The maximum Gasteiger partial charge on any atom is 0.453 e. The van der Waals surface area contributed by atoms with Crippen LogP contribution in [-0.2, 0) is 17.4 Å². The smallest absolute Gasteiger partial charge is 0.356 e. The van der Waals surface area contributed by atoms with E-state index in [0.717, 1.165) is 37.7 Å². The third kappa shape index (κ3) is 5.21. The number of carbonyl (C=O) groups is 1. The van der Waals surface area contributed by atoms with Gasteiger partial charge in [-0.25, -0.2) is 9.50 Å². The normalized spacial score (nSPS) is 19.5. The summed E-state index contributed by atoms with van der Waals surface area (Å²) in [5.74, 6) is -0.685. The Hall–Kier alpha value is -2.97. The van der Waals surface area contributed by atoms with E-state index in [0.29, 0.717) is 24.6 Å². The number of rotatable bonds is 6. The van der Waals surface area contributed by atoms with Gasteiger partial charge in [-0.1, -0.05) is 30.3 Å². The molecule has 1 aliphatic carbocycles. The fourth-order valence-corrected chi connectivity index (χ4v) is 4.15. The van der Waals surface area contributed by atoms with Crippen molar-refractivity contribution in [3.63, 3.8) is 0 Å². The molecule has 1 saturated carbocycles. The van der Waals surface area contributed by atoms with Gasteiger partial charge in [0.25, 0.3) is 11.6 Å². The molecule has 31 heavy (non-hydrogen) atoms. The van der Waals surface area contributed by atoms with Crippen LogP contribution in [-0.4, -0.2) is 32.0 Å². The number of carbonyl (C=O) groups excluding carboxylic acids is 1. The molecule has 0 aliphatic heterocycles. The lowest BCUT2D eigenvalue weighted by Crippen LogP contribution is -2.31. The van der Waals surface area contributed by atoms with Gasteiger partial charge in [0.2, 0.25) is 5.91 Å². The van der Waals surface area contributed by atoms with E-state index in [1.54, 1.807) is 6.07 Å². The molecule has 2 aromatic heterocycles. The zero-order valence-corrected chi connectivity index (χ0v) is 17.0. The molecule has 1 fully saturated rings. The van der Waals surface area contributed by atoms with Gasteiger partial charge in [-0.3, -0.25) is 4.79 Å². The Kier molecular flexibility index (Phi) is 6.20. The molecule has 1 aliphatic rings. The summed E-state index contributed by atoms with van der Waals surface area (Å²) < 4.78 is 40.1. The van der Waals surface area contributed by atoms with E-state index >= 15 is 0 Å². The summed E-state index contributed by atoms with van der Waals surface area (Å²) in [6.45, 7) is 0.633. The van der Waals surface area contributed by atoms with Crippen LogP contribution in [0.2, 0.25) is 0 Å². The van der Waals surface area contributed by atoms with Crippen LogP contribution in [0.4, 0.5) is 13.2 Å². The van der Waals surface area contributed by atoms with E-state index in [2.05, 4.69) is 20.4 Å². The van der Waals surface area contributed by atoms with E-state index in [1.165, 1.54) is 10.7 Å². The second-order valence-corrected chi connectivity index (χ2v) is 8.02. The number of fused-ring (bicyclic) bond motifs is 1. The maximum absolute atomic E-state index is 13.0. The Morgan fingerprint density at radius 3 is 2.55 bits per heavy atom. The van der Waals surface area contributed by atoms with Gasteiger partial charge in [0, 0.05) is 25.1 Å². The van der Waals surface area contributed by atoms with Crippen molar-refractivity contribution in [2.45, 2.75) is 50.6 Å². The topological polar surface area (TPSA) is 72.2 Å². The van der Waals surface area contributed by atoms with Gasteiger partial charge < -0.3 is 5.32 Å². The quantitative estimate of drug-likeness (QED) is 0.636. The Bertz CT molecular complexity index is 1030. The van der Waals surface area contributed by atoms with Crippen molar-refractivity contribution < 1.29 is 18.0 Å². The highest BCUT2D eigenvalue weighted by atomic mass is 19.4. The molecule has 9 heteroatoms. The van der Waals surface area contributed by atoms with E-state index in [-0.39, 0.29) is 17.6 Å². The van der Waals surface area contributed by atoms with Gasteiger partial charge >= 0.3 is 6.18 Å². The highest BCUT2D eigenvalue weighted by Gasteiger charge is 2.37. The van der Waals surface area contributed by atoms with Gasteiger partial charge in [-0.05, 0) is 49.7 Å². The summed E-state index contributed by atoms with van der Waals surface area (Å²) in [5, 5.41) is 6.67. The number of alkyl halides is 3. The third-order valence-corrected chi connectivity index (χ3v) is 5.86. The fourth-order valence-electron chi connectivity index (χ4n) is 4.15. The summed E-state index contributed by atoms with van der Waals surface area (Å²) in [7, 11) is 0. The Balaban J connectivity index is 1.29. The molecule has 1 aromatic carbocycles. The average Bonchev–Trinajstić information content (AvgIpc) is 3.23. The zero-order chi connectivity index (χ0) is 21.8. The highest BCUT2D eigenvalue weighted by molar-refractivity contribution is 5.76. The number of nitrogens with one attached hydrogen (secondary N) is 1. The predicted molar refractivity (Wildman–Crippen MR) is 108 cm³/mol. The first-order chi connectivity index (χ1) is 14.9. The third-order valence-electron chi connectivity index (χ3n) is 5.86. The van der Waals surface area contributed by atoms with Crippen molar-refractivity contribution in [1.29, 1.82) is 0 Å². The molecule has 0 bridgehead atoms. The monoisotopic (exact) mass is 431 g/mol. The lowest BCUT2D eigenvalue weighted by Gasteiger charge is -2.28. The maximum atomic E-state index is 13.0. The predicted octanol–water partition coefficient (Wildman–Crippen LogP) is 4.17. The highest BCUT2D eigenvalue weighted by Crippen LogP contribution is 2.36. The van der Waals surface area contributed by atoms with E-state index in [9.17, 15) is 18.0 Å². The second kappa shape index (κ2) is 9.03. The standard InChI is InChI=1S/C22H24F3N5O/c23-22(24,25)20-28-21-26-13-12-18(30(21)29-20)17-9-6-16(7-10-17)14-27-19(31)11-8-15-4-2-1-3-5-15/h1-5,12-13,16-17H,6-11,14H2,(H,27,31). The largest absolute Gasteiger partial charge is 0.453 e. The number of aromatic nitrogens is 4. The molecular weight excluding hydrogens is 407 g/mol. The lowest BCUT2D eigenvalue weighted by atomic mass is 9.80. The molecule has 2 heterocycles. The molecule has 0 saturated heterocycles. The minimum atomic E-state index is -4.60. The van der Waals surface area contributed by atoms with Crippen LogP contribution in [0.15, 0.2) is 42.6 Å². The van der Waals surface area contributed by atoms with Crippen molar-refractivity contribution in [1.82, 2.24) is 24.9 Å². The van der Waals surface area contributed by atoms with E-state index in [4.69, 9.17) is 0 Å². The van der Waals surface area contributed by atoms with Crippen LogP contribution in [0.1, 0.15) is 55.1 Å². The summed E-state index contributed by atoms with van der Waals surface area (Å²) in [6.07, 6.45) is 1.51. The molecule has 6 nitrogen and oxygen atoms in total. The van der Waals surface area contributed by atoms with Crippen LogP contribution in [0.3, 0.4) is 0 Å². The Morgan fingerprint density at radius 1 is 1.10 bits per heavy atom. The van der Waals surface area contributed by atoms with Gasteiger partial charge in [0.15, 0.2) is 0 Å². The summed E-state index contributed by atoms with van der Waals surface area (Å²) >= 11 is 0. The number of hydrogen-bond acceptors (Lipinski definition) is 4. The molecule has 0 radical (unpaired) electrons. The number of benzene rings is 1. The number of amides is 1. The minimum absolute atomic E-state index is 0.0300. The number of aryl methyl sites for hydroxylation is 1. The van der Waals surface area contributed by atoms with E-state index < -0.39 is 12.0 Å². The van der Waals surface area contributed by atoms with Gasteiger partial charge in [-0.2, -0.15) is 18.2 Å². The SMILES string of the molecule is O=C(CCc1ccccc1)NCC1CCC(c2ccnc3nc(C(F)(F)F)nn23)CC1. The Morgan fingerprint density at radius 2 is 1.84 bits per heavy atom. The lowest BCUT2D eigenvalue weighted by molar-refractivity contribution is -0.144. The molecule has 0 spiro atoms. The van der Waals surface area contributed by atoms with Crippen LogP contribution in [0.25, 0.3) is 5.78 Å². The number of nitrogens with zero attached hydrogens (tertiary/aromatic N) is 4. The van der Waals surface area contributed by atoms with Gasteiger partial charge in [0.1, 0.15) is 0 Å². The molecule has 4 rings (SSSR count). The molecule has 0 atom stereocenters. The van der Waals surface area contributed by atoms with Gasteiger partial charge in [0.05, 0.1) is 5.69 Å². The first-order valence-corrected chi connectivity index (χ1v) is 10.5. The molecule has 1 amide bonds. The van der Waals surface area contributed by atoms with Crippen LogP contribution in [0, 0.1) is 5.92 Å². The number of halogens is 3. The van der Waals surface area contributed by atoms with Crippen LogP contribution < -0.4 is 5.32 Å². The Labute approximate surface area is 177 Å². The molecular formula is C22H24F3N5O. The van der Waals surface area contributed by atoms with Crippen molar-refractivity contribution in [3.05, 3.63) is 59.7 Å². The molecule has 164 valence electrons. The zero-order valence-electron chi connectivity index (χ0n) is 17.0. The fraction of sp³-hybridized carbons (Fsp3) is 0.455. The van der Waals surface area contributed by atoms with Gasteiger partial charge in [-0.15, -0.1) is 5.10 Å². The molecule has 0 unspecified atom stereocenters. The van der Waals surface area contributed by atoms with Crippen molar-refractivity contribution in [2.24, 2.45) is 5.92 Å². The first kappa shape index (κ1) is 21.3. The number of hydrogen-bond donors (Lipinski definition) is 1. The summed E-state index contributed by atoms with van der Waals surface area (Å²) in [5.41, 5.74) is 1.85. The first-order valence-electron chi connectivity index (χ1n) is 10.5. The van der Waals surface area contributed by atoms with Crippen LogP contribution >= 0.6 is 0 Å². The summed E-state index contributed by atoms with van der Waals surface area (Å²) in [6, 6.07) is 11.6. The molecule has 3 aromatic rings. The summed E-state index contributed by atoms with van der Waals surface area (Å²) in [4.78, 5) is 19.6.